The third-order valence-electron chi connectivity index (χ3n) is 3.05. The summed E-state index contributed by atoms with van der Waals surface area (Å²) in [6.45, 7) is 3.12. The van der Waals surface area contributed by atoms with Gasteiger partial charge in [-0.05, 0) is 25.2 Å². The molecule has 1 heterocycles. The van der Waals surface area contributed by atoms with Crippen LogP contribution in [0.25, 0.3) is 0 Å². The van der Waals surface area contributed by atoms with Gasteiger partial charge >= 0.3 is 0 Å². The number of aromatic nitrogens is 3. The van der Waals surface area contributed by atoms with Crippen molar-refractivity contribution >= 4 is 0 Å². The Hall–Kier alpha value is -0.900. The Bertz CT molecular complexity index is 294. The summed E-state index contributed by atoms with van der Waals surface area (Å²) in [6, 6.07) is 0.391. The van der Waals surface area contributed by atoms with Crippen LogP contribution in [-0.2, 0) is 13.0 Å². The summed E-state index contributed by atoms with van der Waals surface area (Å²) in [4.78, 5) is 4.29. The van der Waals surface area contributed by atoms with Crippen molar-refractivity contribution in [3.8, 4) is 0 Å². The van der Waals surface area contributed by atoms with Gasteiger partial charge in [-0.15, -0.1) is 0 Å². The highest BCUT2D eigenvalue weighted by Crippen LogP contribution is 2.28. The minimum absolute atomic E-state index is 0.391. The zero-order valence-corrected chi connectivity index (χ0v) is 8.69. The highest BCUT2D eigenvalue weighted by atomic mass is 15.3. The lowest BCUT2D eigenvalue weighted by Crippen LogP contribution is -2.40. The van der Waals surface area contributed by atoms with E-state index in [0.717, 1.165) is 25.2 Å². The van der Waals surface area contributed by atoms with E-state index in [1.54, 1.807) is 6.33 Å². The van der Waals surface area contributed by atoms with Crippen molar-refractivity contribution in [2.24, 2.45) is 11.7 Å². The second-order valence-corrected chi connectivity index (χ2v) is 4.10. The molecule has 1 aliphatic rings. The summed E-state index contributed by atoms with van der Waals surface area (Å²) < 4.78 is 2.00. The van der Waals surface area contributed by atoms with Crippen LogP contribution in [0.15, 0.2) is 6.33 Å². The number of hydrogen-bond acceptors (Lipinski definition) is 3. The van der Waals surface area contributed by atoms with Gasteiger partial charge in [-0.25, -0.2) is 4.98 Å². The molecule has 0 saturated heterocycles. The number of nitrogens with two attached hydrogens (primary N) is 1. The number of nitrogens with zero attached hydrogens (tertiary/aromatic N) is 3. The summed E-state index contributed by atoms with van der Waals surface area (Å²) >= 11 is 0. The van der Waals surface area contributed by atoms with Crippen LogP contribution in [0.4, 0.5) is 0 Å². The summed E-state index contributed by atoms with van der Waals surface area (Å²) in [5.41, 5.74) is 5.91. The number of rotatable bonds is 4. The molecule has 78 valence electrons. The molecule has 0 aliphatic heterocycles. The van der Waals surface area contributed by atoms with Gasteiger partial charge < -0.3 is 5.73 Å². The molecule has 2 N–H and O–H groups in total. The lowest BCUT2D eigenvalue weighted by molar-refractivity contribution is 0.248. The molecular weight excluding hydrogens is 176 g/mol. The van der Waals surface area contributed by atoms with E-state index in [4.69, 9.17) is 5.73 Å². The van der Waals surface area contributed by atoms with Crippen LogP contribution in [-0.4, -0.2) is 20.8 Å². The van der Waals surface area contributed by atoms with Crippen molar-refractivity contribution in [2.45, 2.75) is 45.2 Å². The largest absolute Gasteiger partial charge is 0.327 e. The molecule has 0 aromatic carbocycles. The molecule has 0 bridgehead atoms. The van der Waals surface area contributed by atoms with Crippen molar-refractivity contribution in [1.29, 1.82) is 0 Å². The van der Waals surface area contributed by atoms with E-state index in [1.807, 2.05) is 4.68 Å². The van der Waals surface area contributed by atoms with Gasteiger partial charge in [-0.1, -0.05) is 6.92 Å². The first-order chi connectivity index (χ1) is 6.81. The summed E-state index contributed by atoms with van der Waals surface area (Å²) in [5, 5.41) is 4.21. The Morgan fingerprint density at radius 2 is 2.43 bits per heavy atom. The van der Waals surface area contributed by atoms with E-state index >= 15 is 0 Å². The zero-order valence-electron chi connectivity index (χ0n) is 8.69. The monoisotopic (exact) mass is 194 g/mol. The molecule has 0 spiro atoms. The van der Waals surface area contributed by atoms with Crippen LogP contribution in [0.1, 0.15) is 32.0 Å². The first-order valence-electron chi connectivity index (χ1n) is 5.43. The summed E-state index contributed by atoms with van der Waals surface area (Å²) in [7, 11) is 0. The highest BCUT2D eigenvalue weighted by molar-refractivity contribution is 4.94. The molecule has 4 heteroatoms. The molecule has 1 fully saturated rings. The Kier molecular flexibility index (Phi) is 2.82. The lowest BCUT2D eigenvalue weighted by Gasteiger charge is -2.33. The van der Waals surface area contributed by atoms with Crippen molar-refractivity contribution in [3.05, 3.63) is 12.2 Å². The van der Waals surface area contributed by atoms with E-state index in [9.17, 15) is 0 Å². The average Bonchev–Trinajstić information content (AvgIpc) is 2.60. The normalized spacial score (nSPS) is 26.1. The third-order valence-corrected chi connectivity index (χ3v) is 3.05. The van der Waals surface area contributed by atoms with Gasteiger partial charge in [-0.2, -0.15) is 5.10 Å². The minimum atomic E-state index is 0.391. The van der Waals surface area contributed by atoms with Gasteiger partial charge in [0.25, 0.3) is 0 Å². The van der Waals surface area contributed by atoms with Gasteiger partial charge in [0.05, 0.1) is 0 Å². The second-order valence-electron chi connectivity index (χ2n) is 4.10. The fourth-order valence-electron chi connectivity index (χ4n) is 1.93. The Labute approximate surface area is 84.5 Å². The maximum Gasteiger partial charge on any atom is 0.138 e. The summed E-state index contributed by atoms with van der Waals surface area (Å²) in [6.07, 6.45) is 6.18. The Morgan fingerprint density at radius 3 is 3.00 bits per heavy atom. The van der Waals surface area contributed by atoms with E-state index < -0.39 is 0 Å². The van der Waals surface area contributed by atoms with Crippen LogP contribution in [0.5, 0.6) is 0 Å². The number of hydrogen-bond donors (Lipinski definition) is 1. The molecule has 1 aliphatic carbocycles. The van der Waals surface area contributed by atoms with Crippen LogP contribution in [0.3, 0.4) is 0 Å². The molecule has 1 aromatic heterocycles. The van der Waals surface area contributed by atoms with Crippen molar-refractivity contribution in [1.82, 2.24) is 14.8 Å². The molecule has 0 radical (unpaired) electrons. The van der Waals surface area contributed by atoms with Crippen molar-refractivity contribution in [3.63, 3.8) is 0 Å². The molecular formula is C10H18N4. The van der Waals surface area contributed by atoms with E-state index in [1.165, 1.54) is 12.8 Å². The number of aryl methyl sites for hydroxylation is 1. The summed E-state index contributed by atoms with van der Waals surface area (Å²) in [5.74, 6) is 1.74. The minimum Gasteiger partial charge on any atom is -0.327 e. The average molecular weight is 194 g/mol. The van der Waals surface area contributed by atoms with Crippen LogP contribution in [0, 0.1) is 5.92 Å². The third kappa shape index (κ3) is 1.80. The molecule has 2 unspecified atom stereocenters. The van der Waals surface area contributed by atoms with Crippen LogP contribution < -0.4 is 5.73 Å². The SMILES string of the molecule is CCCn1ncnc1CC1CCC1N. The van der Waals surface area contributed by atoms with Crippen LogP contribution in [0.2, 0.25) is 0 Å². The van der Waals surface area contributed by atoms with E-state index in [2.05, 4.69) is 17.0 Å². The Balaban J connectivity index is 1.97. The van der Waals surface area contributed by atoms with Gasteiger partial charge in [0.2, 0.25) is 0 Å². The predicted molar refractivity (Wildman–Crippen MR) is 54.7 cm³/mol. The highest BCUT2D eigenvalue weighted by Gasteiger charge is 2.28. The molecule has 2 rings (SSSR count). The van der Waals surface area contributed by atoms with Gasteiger partial charge in [-0.3, -0.25) is 4.68 Å². The maximum atomic E-state index is 5.91. The van der Waals surface area contributed by atoms with E-state index in [0.29, 0.717) is 12.0 Å². The smallest absolute Gasteiger partial charge is 0.138 e. The van der Waals surface area contributed by atoms with Gasteiger partial charge in [0.1, 0.15) is 12.2 Å². The van der Waals surface area contributed by atoms with Crippen LogP contribution >= 0.6 is 0 Å². The Morgan fingerprint density at radius 1 is 1.57 bits per heavy atom. The molecule has 4 nitrogen and oxygen atoms in total. The van der Waals surface area contributed by atoms with Crippen molar-refractivity contribution < 1.29 is 0 Å². The van der Waals surface area contributed by atoms with E-state index in [-0.39, 0.29) is 0 Å². The van der Waals surface area contributed by atoms with Gasteiger partial charge in [0, 0.05) is 19.0 Å². The fraction of sp³-hybridized carbons (Fsp3) is 0.800. The molecule has 2 atom stereocenters. The first-order valence-corrected chi connectivity index (χ1v) is 5.43. The topological polar surface area (TPSA) is 56.7 Å². The predicted octanol–water partition coefficient (Wildman–Crippen LogP) is 0.968. The lowest BCUT2D eigenvalue weighted by atomic mass is 9.78. The fourth-order valence-corrected chi connectivity index (χ4v) is 1.93. The molecule has 1 aromatic rings. The van der Waals surface area contributed by atoms with Crippen molar-refractivity contribution in [2.75, 3.05) is 0 Å². The molecule has 0 amide bonds. The quantitative estimate of drug-likeness (QED) is 0.777. The zero-order chi connectivity index (χ0) is 9.97. The standard InChI is InChI=1S/C10H18N4/c1-2-5-14-10(12-7-13-14)6-8-3-4-9(8)11/h7-9H,2-6,11H2,1H3. The molecule has 1 saturated carbocycles. The molecule has 14 heavy (non-hydrogen) atoms. The first kappa shape index (κ1) is 9.65. The van der Waals surface area contributed by atoms with Gasteiger partial charge in [0.15, 0.2) is 0 Å². The second kappa shape index (κ2) is 4.09. The maximum absolute atomic E-state index is 5.91.